The number of anilines is 2. The molecule has 0 aliphatic heterocycles. The van der Waals surface area contributed by atoms with Crippen molar-refractivity contribution in [2.75, 3.05) is 23.4 Å². The molecular formula is C35H33ClN2O5. The average Bonchev–Trinajstić information content (AvgIpc) is 3.02. The first-order chi connectivity index (χ1) is 20.7. The highest BCUT2D eigenvalue weighted by Gasteiger charge is 2.22. The number of hydrogen-bond acceptors (Lipinski definition) is 5. The van der Waals surface area contributed by atoms with E-state index in [1.807, 2.05) is 30.3 Å². The lowest BCUT2D eigenvalue weighted by atomic mass is 10.00. The van der Waals surface area contributed by atoms with E-state index in [9.17, 15) is 19.5 Å². The molecule has 4 aromatic carbocycles. The van der Waals surface area contributed by atoms with Gasteiger partial charge in [0.25, 0.3) is 5.91 Å². The summed E-state index contributed by atoms with van der Waals surface area (Å²) in [6.45, 7) is 6.19. The van der Waals surface area contributed by atoms with E-state index in [0.717, 1.165) is 5.56 Å². The Morgan fingerprint density at radius 2 is 1.56 bits per heavy atom. The molecule has 43 heavy (non-hydrogen) atoms. The third-order valence-corrected chi connectivity index (χ3v) is 7.07. The molecule has 0 radical (unpaired) electrons. The Balaban J connectivity index is 1.36. The Kier molecular flexibility index (Phi) is 10.7. The summed E-state index contributed by atoms with van der Waals surface area (Å²) in [4.78, 5) is 39.6. The van der Waals surface area contributed by atoms with Crippen LogP contribution in [0.15, 0.2) is 115 Å². The Labute approximate surface area is 256 Å². The molecule has 220 valence electrons. The van der Waals surface area contributed by atoms with Crippen LogP contribution in [0.25, 0.3) is 0 Å². The van der Waals surface area contributed by atoms with Crippen molar-refractivity contribution in [1.29, 1.82) is 0 Å². The molecule has 0 aliphatic rings. The Morgan fingerprint density at radius 1 is 0.907 bits per heavy atom. The number of aliphatic carboxylic acids is 1. The smallest absolute Gasteiger partial charge is 0.326 e. The number of hydrogen-bond donors (Lipinski definition) is 2. The van der Waals surface area contributed by atoms with Crippen molar-refractivity contribution in [3.8, 4) is 5.75 Å². The SMILES string of the molecule is C=C(C)C(=O)N(CCCOc1ccc(C[C@H](Nc2ccccc2C(=O)c2ccccc2)C(=O)O)cc1)c1ccccc1Cl. The minimum absolute atomic E-state index is 0.187. The van der Waals surface area contributed by atoms with Crippen LogP contribution in [0.3, 0.4) is 0 Å². The van der Waals surface area contributed by atoms with Gasteiger partial charge in [-0.25, -0.2) is 4.79 Å². The number of halogens is 1. The van der Waals surface area contributed by atoms with E-state index >= 15 is 0 Å². The van der Waals surface area contributed by atoms with Crippen molar-refractivity contribution in [2.45, 2.75) is 25.8 Å². The first-order valence-corrected chi connectivity index (χ1v) is 14.2. The van der Waals surface area contributed by atoms with Gasteiger partial charge in [-0.3, -0.25) is 9.59 Å². The number of carboxylic acid groups (broad SMARTS) is 1. The summed E-state index contributed by atoms with van der Waals surface area (Å²) in [6.07, 6.45) is 0.747. The van der Waals surface area contributed by atoms with E-state index in [1.165, 1.54) is 0 Å². The quantitative estimate of drug-likeness (QED) is 0.0919. The molecule has 0 saturated heterocycles. The van der Waals surface area contributed by atoms with Crippen LogP contribution in [0, 0.1) is 0 Å². The molecule has 0 heterocycles. The van der Waals surface area contributed by atoms with Crippen LogP contribution in [-0.2, 0) is 16.0 Å². The predicted octanol–water partition coefficient (Wildman–Crippen LogP) is 7.06. The van der Waals surface area contributed by atoms with Gasteiger partial charge in [-0.1, -0.05) is 84.9 Å². The van der Waals surface area contributed by atoms with Gasteiger partial charge in [0.1, 0.15) is 11.8 Å². The lowest BCUT2D eigenvalue weighted by Gasteiger charge is -2.24. The molecule has 4 rings (SSSR count). The number of nitrogens with one attached hydrogen (secondary N) is 1. The number of rotatable bonds is 14. The van der Waals surface area contributed by atoms with Crippen molar-refractivity contribution >= 4 is 40.6 Å². The van der Waals surface area contributed by atoms with Crippen LogP contribution in [-0.4, -0.2) is 42.0 Å². The second-order valence-electron chi connectivity index (χ2n) is 10.0. The third kappa shape index (κ3) is 8.33. The molecule has 0 aliphatic carbocycles. The maximum absolute atomic E-state index is 13.1. The van der Waals surface area contributed by atoms with Gasteiger partial charge in [0, 0.05) is 35.4 Å². The van der Waals surface area contributed by atoms with E-state index in [0.29, 0.717) is 58.4 Å². The first kappa shape index (κ1) is 31.1. The highest BCUT2D eigenvalue weighted by molar-refractivity contribution is 6.34. The predicted molar refractivity (Wildman–Crippen MR) is 170 cm³/mol. The molecule has 0 bridgehead atoms. The molecule has 7 nitrogen and oxygen atoms in total. The minimum atomic E-state index is -1.03. The van der Waals surface area contributed by atoms with Crippen molar-refractivity contribution in [3.63, 3.8) is 0 Å². The van der Waals surface area contributed by atoms with Crippen LogP contribution in [0.5, 0.6) is 5.75 Å². The van der Waals surface area contributed by atoms with Crippen molar-refractivity contribution in [2.24, 2.45) is 0 Å². The molecule has 8 heteroatoms. The van der Waals surface area contributed by atoms with Crippen LogP contribution >= 0.6 is 11.6 Å². The fourth-order valence-electron chi connectivity index (χ4n) is 4.54. The summed E-state index contributed by atoms with van der Waals surface area (Å²) >= 11 is 6.33. The average molecular weight is 597 g/mol. The second kappa shape index (κ2) is 14.8. The van der Waals surface area contributed by atoms with Crippen molar-refractivity contribution in [3.05, 3.63) is 137 Å². The number of benzene rings is 4. The fourth-order valence-corrected chi connectivity index (χ4v) is 4.78. The second-order valence-corrected chi connectivity index (χ2v) is 10.4. The van der Waals surface area contributed by atoms with Gasteiger partial charge < -0.3 is 20.1 Å². The monoisotopic (exact) mass is 596 g/mol. The largest absolute Gasteiger partial charge is 0.494 e. The number of carbonyl (C=O) groups is 3. The van der Waals surface area contributed by atoms with Crippen LogP contribution in [0.1, 0.15) is 34.8 Å². The number of ketones is 1. The molecule has 2 N–H and O–H groups in total. The molecule has 0 unspecified atom stereocenters. The third-order valence-electron chi connectivity index (χ3n) is 6.75. The topological polar surface area (TPSA) is 95.9 Å². The van der Waals surface area contributed by atoms with Gasteiger partial charge in [-0.15, -0.1) is 0 Å². The standard InChI is InChI=1S/C35H33ClN2O5/c1-24(2)34(40)38(32-16-9-7-14-29(32)36)21-10-22-43-27-19-17-25(18-20-27)23-31(35(41)42)37-30-15-8-6-13-28(30)33(39)26-11-4-3-5-12-26/h3-9,11-20,31,37H,1,10,21-23H2,2H3,(H,41,42)/t31-/m0/s1. The molecule has 0 aromatic heterocycles. The van der Waals surface area contributed by atoms with E-state index < -0.39 is 12.0 Å². The first-order valence-electron chi connectivity index (χ1n) is 13.9. The van der Waals surface area contributed by atoms with Gasteiger partial charge >= 0.3 is 5.97 Å². The van der Waals surface area contributed by atoms with E-state index in [2.05, 4.69) is 11.9 Å². The zero-order chi connectivity index (χ0) is 30.8. The van der Waals surface area contributed by atoms with Gasteiger partial charge in [-0.2, -0.15) is 0 Å². The van der Waals surface area contributed by atoms with Crippen LogP contribution in [0.4, 0.5) is 11.4 Å². The number of carbonyl (C=O) groups excluding carboxylic acids is 2. The molecule has 4 aromatic rings. The number of para-hydroxylation sites is 2. The number of ether oxygens (including phenoxy) is 1. The molecule has 0 saturated carbocycles. The van der Waals surface area contributed by atoms with Crippen LogP contribution < -0.4 is 15.0 Å². The lowest BCUT2D eigenvalue weighted by molar-refractivity contribution is -0.137. The summed E-state index contributed by atoms with van der Waals surface area (Å²) in [5, 5.41) is 13.5. The summed E-state index contributed by atoms with van der Waals surface area (Å²) in [6, 6.07) is 29.2. The van der Waals surface area contributed by atoms with E-state index in [-0.39, 0.29) is 18.1 Å². The minimum Gasteiger partial charge on any atom is -0.494 e. The fraction of sp³-hybridized carbons (Fsp3) is 0.171. The molecule has 0 spiro atoms. The zero-order valence-corrected chi connectivity index (χ0v) is 24.6. The van der Waals surface area contributed by atoms with Gasteiger partial charge in [0.05, 0.1) is 17.3 Å². The normalized spacial score (nSPS) is 11.3. The zero-order valence-electron chi connectivity index (χ0n) is 23.8. The molecule has 1 amide bonds. The maximum Gasteiger partial charge on any atom is 0.326 e. The Bertz CT molecular complexity index is 1590. The summed E-state index contributed by atoms with van der Waals surface area (Å²) in [5.41, 5.74) is 3.21. The van der Waals surface area contributed by atoms with E-state index in [4.69, 9.17) is 16.3 Å². The van der Waals surface area contributed by atoms with Gasteiger partial charge in [0.15, 0.2) is 5.78 Å². The highest BCUT2D eigenvalue weighted by atomic mass is 35.5. The molecule has 0 fully saturated rings. The number of carboxylic acids is 1. The molecule has 1 atom stereocenters. The molecular weight excluding hydrogens is 564 g/mol. The Hall–Kier alpha value is -4.88. The summed E-state index contributed by atoms with van der Waals surface area (Å²) in [5.74, 6) is -0.799. The van der Waals surface area contributed by atoms with Crippen molar-refractivity contribution in [1.82, 2.24) is 0 Å². The lowest BCUT2D eigenvalue weighted by Crippen LogP contribution is -2.33. The van der Waals surface area contributed by atoms with Gasteiger partial charge in [-0.05, 0) is 55.3 Å². The highest BCUT2D eigenvalue weighted by Crippen LogP contribution is 2.27. The summed E-state index contributed by atoms with van der Waals surface area (Å²) < 4.78 is 5.89. The van der Waals surface area contributed by atoms with Crippen molar-refractivity contribution < 1.29 is 24.2 Å². The van der Waals surface area contributed by atoms with Gasteiger partial charge in [0.2, 0.25) is 0 Å². The number of nitrogens with zero attached hydrogens (tertiary/aromatic N) is 1. The van der Waals surface area contributed by atoms with E-state index in [1.54, 1.807) is 84.6 Å². The van der Waals surface area contributed by atoms with Crippen LogP contribution in [0.2, 0.25) is 5.02 Å². The Morgan fingerprint density at radius 3 is 2.23 bits per heavy atom. The number of amides is 1. The summed E-state index contributed by atoms with van der Waals surface area (Å²) in [7, 11) is 0. The maximum atomic E-state index is 13.1.